The molecule has 2 rings (SSSR count). The van der Waals surface area contributed by atoms with Crippen LogP contribution in [0.5, 0.6) is 0 Å². The number of rotatable bonds is 2. The average molecular weight is 238 g/mol. The molecule has 0 aromatic carbocycles. The average Bonchev–Trinajstić information content (AvgIpc) is 2.93. The smallest absolute Gasteiger partial charge is 0.353 e. The van der Waals surface area contributed by atoms with Gasteiger partial charge in [0.2, 0.25) is 0 Å². The van der Waals surface area contributed by atoms with Gasteiger partial charge in [-0.15, -0.1) is 0 Å². The molecule has 16 heavy (non-hydrogen) atoms. The van der Waals surface area contributed by atoms with Crippen LogP contribution in [0, 0.1) is 0 Å². The molecule has 2 aliphatic rings. The second-order valence-corrected chi connectivity index (χ2v) is 4.52. The van der Waals surface area contributed by atoms with Gasteiger partial charge in [0.25, 0.3) is 0 Å². The largest absolute Gasteiger partial charge is 0.403 e. The van der Waals surface area contributed by atoms with Crippen molar-refractivity contribution in [3.63, 3.8) is 0 Å². The van der Waals surface area contributed by atoms with Crippen molar-refractivity contribution in [2.75, 3.05) is 26.2 Å². The van der Waals surface area contributed by atoms with Crippen LogP contribution in [0.2, 0.25) is 0 Å². The Labute approximate surface area is 93.1 Å². The van der Waals surface area contributed by atoms with Crippen molar-refractivity contribution >= 4 is 0 Å². The summed E-state index contributed by atoms with van der Waals surface area (Å²) in [4.78, 5) is 3.60. The highest BCUT2D eigenvalue weighted by molar-refractivity contribution is 4.87. The molecule has 6 heteroatoms. The maximum Gasteiger partial charge on any atom is 0.403 e. The van der Waals surface area contributed by atoms with Crippen molar-refractivity contribution in [2.24, 2.45) is 0 Å². The zero-order chi connectivity index (χ0) is 11.9. The summed E-state index contributed by atoms with van der Waals surface area (Å²) in [6, 6.07) is -1.34. The van der Waals surface area contributed by atoms with Gasteiger partial charge in [0.1, 0.15) is 12.3 Å². The van der Waals surface area contributed by atoms with Gasteiger partial charge in [0, 0.05) is 26.2 Å². The molecule has 0 aliphatic carbocycles. The summed E-state index contributed by atoms with van der Waals surface area (Å²) in [5, 5.41) is 0. The molecule has 2 fully saturated rings. The second kappa shape index (κ2) is 4.16. The Kier molecular flexibility index (Phi) is 3.16. The van der Waals surface area contributed by atoms with Gasteiger partial charge in [-0.1, -0.05) is 0 Å². The van der Waals surface area contributed by atoms with E-state index < -0.39 is 12.2 Å². The van der Waals surface area contributed by atoms with Crippen molar-refractivity contribution in [1.29, 1.82) is 0 Å². The minimum atomic E-state index is -4.12. The first kappa shape index (κ1) is 12.1. The van der Waals surface area contributed by atoms with Crippen LogP contribution in [0.4, 0.5) is 13.2 Å². The van der Waals surface area contributed by atoms with E-state index in [2.05, 4.69) is 4.90 Å². The van der Waals surface area contributed by atoms with Gasteiger partial charge in [-0.25, -0.2) is 0 Å². The Hall–Kier alpha value is -0.330. The van der Waals surface area contributed by atoms with Gasteiger partial charge >= 0.3 is 6.18 Å². The van der Waals surface area contributed by atoms with Gasteiger partial charge in [0.05, 0.1) is 6.10 Å². The number of hydrogen-bond acceptors (Lipinski definition) is 3. The summed E-state index contributed by atoms with van der Waals surface area (Å²) in [5.41, 5.74) is 0. The van der Waals surface area contributed by atoms with Crippen LogP contribution >= 0.6 is 0 Å². The van der Waals surface area contributed by atoms with Crippen molar-refractivity contribution < 1.29 is 17.9 Å². The van der Waals surface area contributed by atoms with Crippen LogP contribution in [0.25, 0.3) is 0 Å². The molecule has 2 heterocycles. The van der Waals surface area contributed by atoms with Gasteiger partial charge in [0.15, 0.2) is 0 Å². The third kappa shape index (κ3) is 2.49. The van der Waals surface area contributed by atoms with Gasteiger partial charge in [-0.2, -0.15) is 13.2 Å². The number of epoxide rings is 1. The normalized spacial score (nSPS) is 35.1. The summed E-state index contributed by atoms with van der Waals surface area (Å²) in [6.07, 6.45) is -3.74. The van der Waals surface area contributed by atoms with Gasteiger partial charge in [-0.3, -0.25) is 9.80 Å². The van der Waals surface area contributed by atoms with Gasteiger partial charge < -0.3 is 4.74 Å². The van der Waals surface area contributed by atoms with Crippen LogP contribution in [-0.4, -0.2) is 60.5 Å². The van der Waals surface area contributed by atoms with E-state index in [1.165, 1.54) is 11.8 Å². The number of ether oxygens (including phenoxy) is 1. The topological polar surface area (TPSA) is 19.0 Å². The number of alkyl halides is 3. The molecule has 2 unspecified atom stereocenters. The molecule has 3 atom stereocenters. The summed E-state index contributed by atoms with van der Waals surface area (Å²) < 4.78 is 42.8. The molecule has 0 aromatic rings. The van der Waals surface area contributed by atoms with Crippen LogP contribution < -0.4 is 0 Å². The predicted molar refractivity (Wildman–Crippen MR) is 53.0 cm³/mol. The standard InChI is InChI=1S/C10H17F3N2O/c1-7-9(16-7)15-5-3-14(4-6-15)8(2)10(11,12)13/h7-9H,3-6H2,1-2H3/t7-,8?,9?/m1/s1. The van der Waals surface area contributed by atoms with Crippen LogP contribution in [0.15, 0.2) is 0 Å². The highest BCUT2D eigenvalue weighted by Crippen LogP contribution is 2.29. The molecule has 94 valence electrons. The van der Waals surface area contributed by atoms with Crippen molar-refractivity contribution in [3.05, 3.63) is 0 Å². The molecule has 0 N–H and O–H groups in total. The molecule has 3 nitrogen and oxygen atoms in total. The van der Waals surface area contributed by atoms with Crippen molar-refractivity contribution in [2.45, 2.75) is 38.4 Å². The third-order valence-corrected chi connectivity index (χ3v) is 3.41. The Bertz CT molecular complexity index is 251. The number of halogens is 3. The Balaban J connectivity index is 1.81. The zero-order valence-corrected chi connectivity index (χ0v) is 9.50. The lowest BCUT2D eigenvalue weighted by molar-refractivity contribution is -0.183. The molecular weight excluding hydrogens is 221 g/mol. The minimum absolute atomic E-state index is 0.142. The van der Waals surface area contributed by atoms with Crippen LogP contribution in [-0.2, 0) is 4.74 Å². The molecule has 0 bridgehead atoms. The first-order chi connectivity index (χ1) is 7.39. The van der Waals surface area contributed by atoms with Crippen LogP contribution in [0.3, 0.4) is 0 Å². The maximum atomic E-state index is 12.5. The first-order valence-corrected chi connectivity index (χ1v) is 5.60. The quantitative estimate of drug-likeness (QED) is 0.676. The molecule has 0 saturated carbocycles. The molecule has 2 saturated heterocycles. The first-order valence-electron chi connectivity index (χ1n) is 5.60. The monoisotopic (exact) mass is 238 g/mol. The molecule has 0 aromatic heterocycles. The molecule has 0 radical (unpaired) electrons. The lowest BCUT2D eigenvalue weighted by atomic mass is 10.2. The zero-order valence-electron chi connectivity index (χ0n) is 9.50. The Morgan fingerprint density at radius 3 is 2.06 bits per heavy atom. The molecule has 0 spiro atoms. The summed E-state index contributed by atoms with van der Waals surface area (Å²) in [7, 11) is 0. The SMILES string of the molecule is CC(N1CCN(C2O[C@@H]2C)CC1)C(F)(F)F. The van der Waals surface area contributed by atoms with E-state index >= 15 is 0 Å². The Morgan fingerprint density at radius 1 is 1.19 bits per heavy atom. The van der Waals surface area contributed by atoms with Gasteiger partial charge in [-0.05, 0) is 13.8 Å². The summed E-state index contributed by atoms with van der Waals surface area (Å²) >= 11 is 0. The fraction of sp³-hybridized carbons (Fsp3) is 1.00. The van der Waals surface area contributed by atoms with Crippen LogP contribution in [0.1, 0.15) is 13.8 Å². The number of hydrogen-bond donors (Lipinski definition) is 0. The second-order valence-electron chi connectivity index (χ2n) is 4.52. The number of piperazine rings is 1. The van der Waals surface area contributed by atoms with E-state index in [1.54, 1.807) is 0 Å². The predicted octanol–water partition coefficient (Wildman–Crippen LogP) is 1.30. The van der Waals surface area contributed by atoms with E-state index in [0.717, 1.165) is 0 Å². The molecular formula is C10H17F3N2O. The van der Waals surface area contributed by atoms with E-state index in [0.29, 0.717) is 26.2 Å². The summed E-state index contributed by atoms with van der Waals surface area (Å²) in [5.74, 6) is 0. The van der Waals surface area contributed by atoms with Crippen molar-refractivity contribution in [1.82, 2.24) is 9.80 Å². The van der Waals surface area contributed by atoms with E-state index in [4.69, 9.17) is 4.74 Å². The molecule has 2 aliphatic heterocycles. The fourth-order valence-electron chi connectivity index (χ4n) is 2.14. The summed E-state index contributed by atoms with van der Waals surface area (Å²) in [6.45, 7) is 5.46. The minimum Gasteiger partial charge on any atom is -0.353 e. The third-order valence-electron chi connectivity index (χ3n) is 3.41. The van der Waals surface area contributed by atoms with E-state index in [1.807, 2.05) is 6.92 Å². The fourth-order valence-corrected chi connectivity index (χ4v) is 2.14. The number of nitrogens with zero attached hydrogens (tertiary/aromatic N) is 2. The van der Waals surface area contributed by atoms with E-state index in [-0.39, 0.29) is 12.3 Å². The van der Waals surface area contributed by atoms with E-state index in [9.17, 15) is 13.2 Å². The lowest BCUT2D eigenvalue weighted by Crippen LogP contribution is -2.54. The highest BCUT2D eigenvalue weighted by atomic mass is 19.4. The Morgan fingerprint density at radius 2 is 1.69 bits per heavy atom. The lowest BCUT2D eigenvalue weighted by Gasteiger charge is -2.38. The van der Waals surface area contributed by atoms with Crippen molar-refractivity contribution in [3.8, 4) is 0 Å². The maximum absolute atomic E-state index is 12.5. The molecule has 0 amide bonds. The highest BCUT2D eigenvalue weighted by Gasteiger charge is 2.44.